The Morgan fingerprint density at radius 3 is 2.80 bits per heavy atom. The van der Waals surface area contributed by atoms with Gasteiger partial charge in [-0.05, 0) is 38.1 Å². The molecule has 35 heavy (non-hydrogen) atoms. The quantitative estimate of drug-likeness (QED) is 0.276. The molecule has 0 saturated heterocycles. The number of nitrogens with zero attached hydrogens (tertiary/aromatic N) is 5. The lowest BCUT2D eigenvalue weighted by Crippen LogP contribution is -2.12. The Labute approximate surface area is 205 Å². The van der Waals surface area contributed by atoms with Gasteiger partial charge < -0.3 is 20.0 Å². The Kier molecular flexibility index (Phi) is 5.79. The first-order valence-corrected chi connectivity index (χ1v) is 11.1. The number of halogens is 1. The van der Waals surface area contributed by atoms with Crippen molar-refractivity contribution in [2.75, 3.05) is 10.6 Å². The van der Waals surface area contributed by atoms with E-state index in [2.05, 4.69) is 35.9 Å². The molecule has 0 fully saturated rings. The van der Waals surface area contributed by atoms with E-state index in [0.717, 1.165) is 22.1 Å². The molecule has 0 bridgehead atoms. The molecule has 0 radical (unpaired) electrons. The van der Waals surface area contributed by atoms with E-state index in [-0.39, 0.29) is 11.9 Å². The number of carbonyl (C=O) groups is 1. The maximum Gasteiger partial charge on any atom is 0.320 e. The van der Waals surface area contributed by atoms with E-state index < -0.39 is 0 Å². The van der Waals surface area contributed by atoms with Crippen molar-refractivity contribution in [3.05, 3.63) is 65.7 Å². The van der Waals surface area contributed by atoms with Crippen LogP contribution in [0.25, 0.3) is 33.6 Å². The van der Waals surface area contributed by atoms with Gasteiger partial charge in [0.2, 0.25) is 0 Å². The lowest BCUT2D eigenvalue weighted by molar-refractivity contribution is -0.112. The van der Waals surface area contributed by atoms with E-state index >= 15 is 0 Å². The van der Waals surface area contributed by atoms with Crippen molar-refractivity contribution in [2.24, 2.45) is 7.05 Å². The van der Waals surface area contributed by atoms with Crippen molar-refractivity contribution < 1.29 is 9.21 Å². The molecular formula is C24H21ClN8O2. The van der Waals surface area contributed by atoms with Crippen LogP contribution in [0.15, 0.2) is 65.1 Å². The molecule has 0 unspecified atom stereocenters. The molecular weight excluding hydrogens is 468 g/mol. The number of aromatic amines is 1. The molecule has 0 aliphatic carbocycles. The van der Waals surface area contributed by atoms with E-state index in [4.69, 9.17) is 16.0 Å². The smallest absolute Gasteiger partial charge is 0.320 e. The summed E-state index contributed by atoms with van der Waals surface area (Å²) in [6.45, 7) is 3.55. The normalized spacial score (nSPS) is 11.7. The molecule has 4 heterocycles. The maximum atomic E-state index is 12.1. The van der Waals surface area contributed by atoms with Gasteiger partial charge in [-0.2, -0.15) is 5.10 Å². The van der Waals surface area contributed by atoms with Gasteiger partial charge in [0.15, 0.2) is 0 Å². The SMILES string of the molecule is CC=C(C)C(=O)Nc1ccc(Nc2nnc(-c3c[nH]c4ncc(-c5cnn(C)c5)cc34)o2)c(Cl)c1. The number of aryl methyl sites for hydroxylation is 1. The van der Waals surface area contributed by atoms with Crippen LogP contribution >= 0.6 is 11.6 Å². The number of fused-ring (bicyclic) bond motifs is 1. The summed E-state index contributed by atoms with van der Waals surface area (Å²) in [4.78, 5) is 19.7. The number of amides is 1. The number of hydrogen-bond acceptors (Lipinski definition) is 7. The van der Waals surface area contributed by atoms with Crippen LogP contribution in [0.1, 0.15) is 13.8 Å². The molecule has 5 aromatic rings. The molecule has 10 nitrogen and oxygen atoms in total. The molecule has 1 amide bonds. The molecule has 0 atom stereocenters. The zero-order valence-corrected chi connectivity index (χ0v) is 19.9. The highest BCUT2D eigenvalue weighted by atomic mass is 35.5. The number of H-pyrrole nitrogens is 1. The molecule has 5 rings (SSSR count). The highest BCUT2D eigenvalue weighted by Crippen LogP contribution is 2.33. The van der Waals surface area contributed by atoms with Crippen molar-refractivity contribution in [2.45, 2.75) is 13.8 Å². The van der Waals surface area contributed by atoms with Crippen molar-refractivity contribution >= 4 is 45.9 Å². The third-order valence-corrected chi connectivity index (χ3v) is 5.80. The first kappa shape index (κ1) is 22.4. The van der Waals surface area contributed by atoms with Crippen molar-refractivity contribution in [3.8, 4) is 22.6 Å². The van der Waals surface area contributed by atoms with Gasteiger partial charge in [-0.25, -0.2) is 4.98 Å². The summed E-state index contributed by atoms with van der Waals surface area (Å²) in [5.41, 5.74) is 5.05. The molecule has 0 spiro atoms. The third-order valence-electron chi connectivity index (χ3n) is 5.48. The van der Waals surface area contributed by atoms with Crippen LogP contribution in [0, 0.1) is 0 Å². The fourth-order valence-corrected chi connectivity index (χ4v) is 3.69. The summed E-state index contributed by atoms with van der Waals surface area (Å²) in [6.07, 6.45) is 9.01. The fourth-order valence-electron chi connectivity index (χ4n) is 3.46. The van der Waals surface area contributed by atoms with Crippen LogP contribution < -0.4 is 10.6 Å². The standard InChI is InChI=1S/C24H21ClN8O2/c1-4-13(2)22(34)29-16-5-6-20(19(25)8-16)30-24-32-31-23(35-24)18-11-27-21-17(18)7-14(9-26-21)15-10-28-33(3)12-15/h4-12H,1-3H3,(H,26,27)(H,29,34)(H,30,32). The van der Waals surface area contributed by atoms with Crippen molar-refractivity contribution in [1.29, 1.82) is 0 Å². The highest BCUT2D eigenvalue weighted by Gasteiger charge is 2.16. The number of benzene rings is 1. The Bertz CT molecular complexity index is 1580. The molecule has 0 aliphatic heterocycles. The number of aromatic nitrogens is 6. The zero-order valence-electron chi connectivity index (χ0n) is 19.1. The molecule has 176 valence electrons. The molecule has 1 aromatic carbocycles. The van der Waals surface area contributed by atoms with Gasteiger partial charge in [-0.1, -0.05) is 22.8 Å². The van der Waals surface area contributed by atoms with Crippen LogP contribution in [0.4, 0.5) is 17.4 Å². The van der Waals surface area contributed by atoms with Gasteiger partial charge in [0.25, 0.3) is 11.8 Å². The van der Waals surface area contributed by atoms with Crippen molar-refractivity contribution in [1.82, 2.24) is 29.9 Å². The van der Waals surface area contributed by atoms with Crippen LogP contribution in [0.5, 0.6) is 0 Å². The van der Waals surface area contributed by atoms with Crippen LogP contribution in [-0.4, -0.2) is 35.9 Å². The number of allylic oxidation sites excluding steroid dienone is 1. The number of hydrogen-bond donors (Lipinski definition) is 3. The molecule has 0 saturated carbocycles. The average Bonchev–Trinajstić information content (AvgIpc) is 3.59. The Morgan fingerprint density at radius 1 is 1.20 bits per heavy atom. The number of nitrogens with one attached hydrogen (secondary N) is 3. The van der Waals surface area contributed by atoms with Crippen LogP contribution in [-0.2, 0) is 11.8 Å². The first-order valence-electron chi connectivity index (χ1n) is 10.7. The summed E-state index contributed by atoms with van der Waals surface area (Å²) < 4.78 is 7.59. The van der Waals surface area contributed by atoms with Crippen LogP contribution in [0.2, 0.25) is 5.02 Å². The second-order valence-electron chi connectivity index (χ2n) is 7.88. The lowest BCUT2D eigenvalue weighted by Gasteiger charge is -2.09. The van der Waals surface area contributed by atoms with Gasteiger partial charge >= 0.3 is 6.01 Å². The van der Waals surface area contributed by atoms with Crippen LogP contribution in [0.3, 0.4) is 0 Å². The topological polar surface area (TPSA) is 127 Å². The van der Waals surface area contributed by atoms with E-state index in [1.54, 1.807) is 61.4 Å². The third kappa shape index (κ3) is 4.51. The van der Waals surface area contributed by atoms with Gasteiger partial charge in [0.05, 0.1) is 22.5 Å². The minimum absolute atomic E-state index is 0.175. The molecule has 11 heteroatoms. The summed E-state index contributed by atoms with van der Waals surface area (Å²) in [5.74, 6) is 0.136. The summed E-state index contributed by atoms with van der Waals surface area (Å²) >= 11 is 6.40. The predicted octanol–water partition coefficient (Wildman–Crippen LogP) is 5.32. The molecule has 0 aliphatic rings. The second-order valence-corrected chi connectivity index (χ2v) is 8.29. The number of anilines is 3. The summed E-state index contributed by atoms with van der Waals surface area (Å²) in [7, 11) is 1.87. The Balaban J connectivity index is 1.37. The number of pyridine rings is 1. The van der Waals surface area contributed by atoms with Gasteiger partial charge in [-0.3, -0.25) is 9.48 Å². The molecule has 4 aromatic heterocycles. The molecule has 3 N–H and O–H groups in total. The first-order chi connectivity index (χ1) is 16.9. The van der Waals surface area contributed by atoms with E-state index in [1.807, 2.05) is 19.3 Å². The van der Waals surface area contributed by atoms with Gasteiger partial charge in [0.1, 0.15) is 5.65 Å². The van der Waals surface area contributed by atoms with E-state index in [1.165, 1.54) is 0 Å². The average molecular weight is 489 g/mol. The highest BCUT2D eigenvalue weighted by molar-refractivity contribution is 6.33. The minimum Gasteiger partial charge on any atom is -0.403 e. The van der Waals surface area contributed by atoms with E-state index in [9.17, 15) is 4.79 Å². The monoisotopic (exact) mass is 488 g/mol. The summed E-state index contributed by atoms with van der Waals surface area (Å²) in [6, 6.07) is 7.28. The number of carbonyl (C=O) groups excluding carboxylic acids is 1. The van der Waals surface area contributed by atoms with Crippen molar-refractivity contribution in [3.63, 3.8) is 0 Å². The predicted molar refractivity (Wildman–Crippen MR) is 134 cm³/mol. The zero-order chi connectivity index (χ0) is 24.5. The van der Waals surface area contributed by atoms with E-state index in [0.29, 0.717) is 33.5 Å². The number of rotatable bonds is 6. The Morgan fingerprint density at radius 2 is 2.06 bits per heavy atom. The fraction of sp³-hybridized carbons (Fsp3) is 0.125. The van der Waals surface area contributed by atoms with Gasteiger partial charge in [0, 0.05) is 53.4 Å². The lowest BCUT2D eigenvalue weighted by atomic mass is 10.1. The minimum atomic E-state index is -0.189. The maximum absolute atomic E-state index is 12.1. The summed E-state index contributed by atoms with van der Waals surface area (Å²) in [5, 5.41) is 19.5. The Hall–Kier alpha value is -4.44. The van der Waals surface area contributed by atoms with Gasteiger partial charge in [-0.15, -0.1) is 5.10 Å². The second kappa shape index (κ2) is 9.07. The largest absolute Gasteiger partial charge is 0.403 e.